The van der Waals surface area contributed by atoms with E-state index < -0.39 is 6.10 Å². The van der Waals surface area contributed by atoms with E-state index in [-0.39, 0.29) is 18.3 Å². The van der Waals surface area contributed by atoms with Gasteiger partial charge >= 0.3 is 5.97 Å². The quantitative estimate of drug-likeness (QED) is 0.288. The predicted molar refractivity (Wildman–Crippen MR) is 128 cm³/mol. The highest BCUT2D eigenvalue weighted by Gasteiger charge is 2.20. The van der Waals surface area contributed by atoms with Crippen molar-refractivity contribution in [3.05, 3.63) is 64.2 Å². The Morgan fingerprint density at radius 3 is 2.79 bits per heavy atom. The molecule has 2 aromatic carbocycles. The summed E-state index contributed by atoms with van der Waals surface area (Å²) in [6.45, 7) is 2.45. The lowest BCUT2D eigenvalue weighted by Crippen LogP contribution is -2.37. The maximum atomic E-state index is 11.4. The van der Waals surface area contributed by atoms with Crippen LogP contribution in [-0.2, 0) is 35.4 Å². The molecule has 0 saturated heterocycles. The van der Waals surface area contributed by atoms with E-state index in [2.05, 4.69) is 23.5 Å². The van der Waals surface area contributed by atoms with Crippen molar-refractivity contribution in [2.75, 3.05) is 13.2 Å². The number of fused-ring (bicyclic) bond motifs is 1. The molecular formula is C27H37NO5. The van der Waals surface area contributed by atoms with Gasteiger partial charge in [0.05, 0.1) is 19.3 Å². The highest BCUT2D eigenvalue weighted by molar-refractivity contribution is 5.69. The van der Waals surface area contributed by atoms with Crippen molar-refractivity contribution in [1.82, 2.24) is 5.32 Å². The molecular weight excluding hydrogens is 418 g/mol. The number of aliphatic hydroxyl groups is 2. The van der Waals surface area contributed by atoms with Crippen LogP contribution in [0.5, 0.6) is 5.75 Å². The van der Waals surface area contributed by atoms with E-state index in [0.717, 1.165) is 44.9 Å². The maximum absolute atomic E-state index is 11.4. The zero-order valence-electron chi connectivity index (χ0n) is 19.6. The van der Waals surface area contributed by atoms with Gasteiger partial charge in [-0.2, -0.15) is 0 Å². The Bertz CT molecular complexity index is 913. The summed E-state index contributed by atoms with van der Waals surface area (Å²) in [6.07, 6.45) is 6.78. The van der Waals surface area contributed by atoms with Crippen molar-refractivity contribution in [2.45, 2.75) is 77.0 Å². The number of aliphatic hydroxyl groups excluding tert-OH is 2. The molecule has 0 bridgehead atoms. The fourth-order valence-electron chi connectivity index (χ4n) is 4.48. The van der Waals surface area contributed by atoms with Crippen molar-refractivity contribution in [3.8, 4) is 5.75 Å². The minimum absolute atomic E-state index is 0.0418. The second kappa shape index (κ2) is 12.7. The van der Waals surface area contributed by atoms with Gasteiger partial charge in [-0.3, -0.25) is 4.79 Å². The molecule has 3 rings (SSSR count). The lowest BCUT2D eigenvalue weighted by atomic mass is 9.86. The van der Waals surface area contributed by atoms with E-state index in [4.69, 9.17) is 4.74 Å². The molecule has 2 atom stereocenters. The van der Waals surface area contributed by atoms with Crippen molar-refractivity contribution >= 4 is 5.97 Å². The first kappa shape index (κ1) is 25.2. The minimum Gasteiger partial charge on any atom is -0.508 e. The number of unbranched alkanes of at least 4 members (excludes halogenated alkanes) is 2. The minimum atomic E-state index is -0.696. The number of aromatic hydroxyl groups is 1. The molecule has 1 aliphatic carbocycles. The van der Waals surface area contributed by atoms with Gasteiger partial charge in [0.25, 0.3) is 0 Å². The van der Waals surface area contributed by atoms with E-state index in [9.17, 15) is 20.1 Å². The number of nitrogens with one attached hydrogen (secondary N) is 1. The van der Waals surface area contributed by atoms with Gasteiger partial charge in [0, 0.05) is 24.6 Å². The molecule has 0 heterocycles. The lowest BCUT2D eigenvalue weighted by molar-refractivity contribution is -0.143. The Morgan fingerprint density at radius 2 is 2.00 bits per heavy atom. The number of hydrogen-bond acceptors (Lipinski definition) is 6. The largest absolute Gasteiger partial charge is 0.508 e. The van der Waals surface area contributed by atoms with Crippen LogP contribution in [0.4, 0.5) is 0 Å². The summed E-state index contributed by atoms with van der Waals surface area (Å²) < 4.78 is 4.97. The van der Waals surface area contributed by atoms with Gasteiger partial charge < -0.3 is 25.4 Å². The highest BCUT2D eigenvalue weighted by Crippen LogP contribution is 2.25. The third kappa shape index (κ3) is 7.56. The zero-order chi connectivity index (χ0) is 23.6. The molecule has 0 unspecified atom stereocenters. The molecule has 0 saturated carbocycles. The molecule has 6 heteroatoms. The van der Waals surface area contributed by atoms with Crippen molar-refractivity contribution in [3.63, 3.8) is 0 Å². The second-order valence-corrected chi connectivity index (χ2v) is 8.88. The number of carbonyl (C=O) groups excluding carboxylic acids is 1. The fraction of sp³-hybridized carbons (Fsp3) is 0.519. The van der Waals surface area contributed by atoms with Gasteiger partial charge in [-0.25, -0.2) is 0 Å². The maximum Gasteiger partial charge on any atom is 0.305 e. The van der Waals surface area contributed by atoms with Crippen LogP contribution in [0.2, 0.25) is 0 Å². The number of aryl methyl sites for hydroxylation is 2. The van der Waals surface area contributed by atoms with Crippen LogP contribution in [0, 0.1) is 0 Å². The van der Waals surface area contributed by atoms with Gasteiger partial charge in [0.15, 0.2) is 0 Å². The SMILES string of the molecule is CCOC(=O)CCCCCc1ccc2c(c1)C[C@@H](NC[C@@H](O)c1ccc(O)c(CO)c1)CC2. The number of phenols is 1. The highest BCUT2D eigenvalue weighted by atomic mass is 16.5. The normalized spacial score (nSPS) is 16.3. The smallest absolute Gasteiger partial charge is 0.305 e. The summed E-state index contributed by atoms with van der Waals surface area (Å²) in [5, 5.41) is 33.1. The van der Waals surface area contributed by atoms with Crippen molar-refractivity contribution in [2.24, 2.45) is 0 Å². The van der Waals surface area contributed by atoms with Gasteiger partial charge in [-0.1, -0.05) is 30.7 Å². The van der Waals surface area contributed by atoms with E-state index in [0.29, 0.717) is 36.7 Å². The van der Waals surface area contributed by atoms with E-state index >= 15 is 0 Å². The number of rotatable bonds is 12. The van der Waals surface area contributed by atoms with Crippen LogP contribution in [0.1, 0.15) is 72.9 Å². The molecule has 180 valence electrons. The van der Waals surface area contributed by atoms with Crippen LogP contribution in [-0.4, -0.2) is 40.5 Å². The van der Waals surface area contributed by atoms with E-state index in [1.54, 1.807) is 12.1 Å². The first-order valence-electron chi connectivity index (χ1n) is 12.1. The molecule has 1 aliphatic rings. The summed E-state index contributed by atoms with van der Waals surface area (Å²) in [7, 11) is 0. The summed E-state index contributed by atoms with van der Waals surface area (Å²) >= 11 is 0. The average molecular weight is 456 g/mol. The first-order valence-corrected chi connectivity index (χ1v) is 12.1. The summed E-state index contributed by atoms with van der Waals surface area (Å²) in [4.78, 5) is 11.4. The number of ether oxygens (including phenoxy) is 1. The molecule has 0 spiro atoms. The van der Waals surface area contributed by atoms with Crippen LogP contribution in [0.3, 0.4) is 0 Å². The zero-order valence-corrected chi connectivity index (χ0v) is 19.6. The monoisotopic (exact) mass is 455 g/mol. The van der Waals surface area contributed by atoms with Crippen LogP contribution < -0.4 is 5.32 Å². The third-order valence-corrected chi connectivity index (χ3v) is 6.41. The topological polar surface area (TPSA) is 99.0 Å². The molecule has 0 aromatic heterocycles. The number of benzene rings is 2. The Kier molecular flexibility index (Phi) is 9.73. The van der Waals surface area contributed by atoms with Crippen LogP contribution >= 0.6 is 0 Å². The standard InChI is InChI=1S/C27H37NO5/c1-2-33-27(32)7-5-3-4-6-19-8-9-20-10-12-24(16-22(20)14-19)28-17-26(31)21-11-13-25(30)23(15-21)18-29/h8-9,11,13-15,24,26,28-31H,2-7,10,12,16-18H2,1H3/t24-,26+/m0/s1. The van der Waals surface area contributed by atoms with E-state index in [1.165, 1.54) is 22.8 Å². The third-order valence-electron chi connectivity index (χ3n) is 6.41. The molecule has 33 heavy (non-hydrogen) atoms. The molecule has 4 N–H and O–H groups in total. The van der Waals surface area contributed by atoms with Crippen LogP contribution in [0.25, 0.3) is 0 Å². The summed E-state index contributed by atoms with van der Waals surface area (Å²) in [5.74, 6) is -0.0608. The Balaban J connectivity index is 1.46. The number of esters is 1. The van der Waals surface area contributed by atoms with Gasteiger partial charge in [-0.15, -0.1) is 0 Å². The van der Waals surface area contributed by atoms with Crippen molar-refractivity contribution in [1.29, 1.82) is 0 Å². The van der Waals surface area contributed by atoms with Crippen molar-refractivity contribution < 1.29 is 24.9 Å². The van der Waals surface area contributed by atoms with Gasteiger partial charge in [-0.05, 0) is 79.8 Å². The predicted octanol–water partition coefficient (Wildman–Crippen LogP) is 3.73. The Hall–Kier alpha value is -2.41. The fourth-order valence-corrected chi connectivity index (χ4v) is 4.48. The molecule has 6 nitrogen and oxygen atoms in total. The molecule has 2 aromatic rings. The summed E-state index contributed by atoms with van der Waals surface area (Å²) in [5.41, 5.74) is 5.24. The molecule has 0 amide bonds. The van der Waals surface area contributed by atoms with Gasteiger partial charge in [0.1, 0.15) is 5.75 Å². The molecule has 0 radical (unpaired) electrons. The van der Waals surface area contributed by atoms with Crippen LogP contribution in [0.15, 0.2) is 36.4 Å². The Morgan fingerprint density at radius 1 is 1.15 bits per heavy atom. The van der Waals surface area contributed by atoms with E-state index in [1.807, 2.05) is 6.92 Å². The second-order valence-electron chi connectivity index (χ2n) is 8.88. The lowest BCUT2D eigenvalue weighted by Gasteiger charge is -2.27. The molecule has 0 fully saturated rings. The number of carbonyl (C=O) groups is 1. The summed E-state index contributed by atoms with van der Waals surface area (Å²) in [6, 6.07) is 12.0. The Labute approximate surface area is 196 Å². The number of hydrogen-bond donors (Lipinski definition) is 4. The average Bonchev–Trinajstić information content (AvgIpc) is 2.82. The first-order chi connectivity index (χ1) is 16.0. The molecule has 0 aliphatic heterocycles. The van der Waals surface area contributed by atoms with Gasteiger partial charge in [0.2, 0.25) is 0 Å².